The fourth-order valence-corrected chi connectivity index (χ4v) is 4.31. The highest BCUT2D eigenvalue weighted by Crippen LogP contribution is 2.34. The first-order valence-corrected chi connectivity index (χ1v) is 10.1. The molecule has 0 saturated carbocycles. The number of hydrogen-bond acceptors (Lipinski definition) is 4. The van der Waals surface area contributed by atoms with E-state index in [1.54, 1.807) is 29.2 Å². The molecule has 1 aliphatic heterocycles. The Morgan fingerprint density at radius 3 is 2.38 bits per heavy atom. The first kappa shape index (κ1) is 18.5. The summed E-state index contributed by atoms with van der Waals surface area (Å²) in [6.07, 6.45) is 0.626. The number of anilines is 1. The maximum atomic E-state index is 12.6. The van der Waals surface area contributed by atoms with Gasteiger partial charge in [0.1, 0.15) is 10.6 Å². The average Bonchev–Trinajstić information content (AvgIpc) is 2.89. The molecule has 26 heavy (non-hydrogen) atoms. The molecule has 0 radical (unpaired) electrons. The number of nitrogens with zero attached hydrogens (tertiary/aromatic N) is 1. The molecule has 1 unspecified atom stereocenters. The van der Waals surface area contributed by atoms with E-state index in [1.165, 1.54) is 13.0 Å². The molecule has 0 aromatic heterocycles. The smallest absolute Gasteiger partial charge is 0.339 e. The van der Waals surface area contributed by atoms with E-state index < -0.39 is 10.1 Å². The van der Waals surface area contributed by atoms with E-state index in [-0.39, 0.29) is 22.6 Å². The number of rotatable bonds is 4. The highest BCUT2D eigenvalue weighted by atomic mass is 32.2. The van der Waals surface area contributed by atoms with Crippen molar-refractivity contribution in [2.75, 3.05) is 4.90 Å². The minimum Gasteiger partial charge on any atom is -0.379 e. The molecular weight excluding hydrogens is 350 g/mol. The lowest BCUT2D eigenvalue weighted by Crippen LogP contribution is -2.33. The topological polar surface area (TPSA) is 63.7 Å². The number of amides is 1. The largest absolute Gasteiger partial charge is 0.379 e. The number of carbonyl (C=O) groups excluding carboxylic acids is 1. The summed E-state index contributed by atoms with van der Waals surface area (Å²) in [5, 5.41) is 0. The minimum atomic E-state index is -3.93. The Labute approximate surface area is 154 Å². The van der Waals surface area contributed by atoms with Crippen LogP contribution in [0.25, 0.3) is 0 Å². The summed E-state index contributed by atoms with van der Waals surface area (Å²) in [6.45, 7) is 7.60. The zero-order chi connectivity index (χ0) is 19.1. The molecule has 2 aromatic rings. The number of hydrogen-bond donors (Lipinski definition) is 0. The van der Waals surface area contributed by atoms with E-state index in [0.29, 0.717) is 12.3 Å². The van der Waals surface area contributed by atoms with Crippen molar-refractivity contribution in [3.05, 3.63) is 53.6 Å². The Bertz CT molecular complexity index is 933. The van der Waals surface area contributed by atoms with Gasteiger partial charge in [0.25, 0.3) is 0 Å². The molecule has 1 heterocycles. The second-order valence-electron chi connectivity index (χ2n) is 6.99. The molecule has 0 fully saturated rings. The first-order chi connectivity index (χ1) is 12.2. The van der Waals surface area contributed by atoms with E-state index in [9.17, 15) is 13.2 Å². The van der Waals surface area contributed by atoms with Crippen LogP contribution in [0.15, 0.2) is 47.4 Å². The van der Waals surface area contributed by atoms with Gasteiger partial charge in [0.2, 0.25) is 5.91 Å². The summed E-state index contributed by atoms with van der Waals surface area (Å²) in [5.74, 6) is 0.602. The van der Waals surface area contributed by atoms with Crippen LogP contribution in [0.2, 0.25) is 0 Å². The number of carbonyl (C=O) groups is 1. The third-order valence-corrected chi connectivity index (χ3v) is 5.89. The van der Waals surface area contributed by atoms with Gasteiger partial charge in [-0.05, 0) is 60.7 Å². The maximum Gasteiger partial charge on any atom is 0.339 e. The average molecular weight is 373 g/mol. The van der Waals surface area contributed by atoms with Gasteiger partial charge in [0, 0.05) is 18.7 Å². The van der Waals surface area contributed by atoms with Gasteiger partial charge < -0.3 is 9.08 Å². The third kappa shape index (κ3) is 3.46. The highest BCUT2D eigenvalue weighted by molar-refractivity contribution is 7.87. The molecular formula is C20H23NO4S. The van der Waals surface area contributed by atoms with Crippen LogP contribution in [0.5, 0.6) is 5.75 Å². The van der Waals surface area contributed by atoms with Gasteiger partial charge in [-0.15, -0.1) is 0 Å². The van der Waals surface area contributed by atoms with Crippen molar-refractivity contribution in [3.8, 4) is 5.75 Å². The van der Waals surface area contributed by atoms with Crippen LogP contribution < -0.4 is 9.08 Å². The van der Waals surface area contributed by atoms with Gasteiger partial charge in [-0.3, -0.25) is 4.79 Å². The molecule has 2 aromatic carbocycles. The van der Waals surface area contributed by atoms with Crippen molar-refractivity contribution in [1.82, 2.24) is 0 Å². The highest BCUT2D eigenvalue weighted by Gasteiger charge is 2.30. The Morgan fingerprint density at radius 2 is 1.81 bits per heavy atom. The van der Waals surface area contributed by atoms with Crippen LogP contribution in [-0.4, -0.2) is 20.4 Å². The van der Waals surface area contributed by atoms with E-state index in [4.69, 9.17) is 4.18 Å². The lowest BCUT2D eigenvalue weighted by molar-refractivity contribution is -0.116. The zero-order valence-electron chi connectivity index (χ0n) is 15.4. The van der Waals surface area contributed by atoms with Crippen LogP contribution in [0.4, 0.5) is 5.69 Å². The first-order valence-electron chi connectivity index (χ1n) is 8.66. The van der Waals surface area contributed by atoms with Crippen LogP contribution in [0.3, 0.4) is 0 Å². The fraction of sp³-hybridized carbons (Fsp3) is 0.350. The van der Waals surface area contributed by atoms with Crippen molar-refractivity contribution < 1.29 is 17.4 Å². The fourth-order valence-electron chi connectivity index (χ4n) is 3.33. The van der Waals surface area contributed by atoms with E-state index >= 15 is 0 Å². The molecule has 6 heteroatoms. The van der Waals surface area contributed by atoms with E-state index in [0.717, 1.165) is 16.8 Å². The van der Waals surface area contributed by atoms with Crippen LogP contribution in [0.1, 0.15) is 44.7 Å². The van der Waals surface area contributed by atoms with Crippen molar-refractivity contribution in [3.63, 3.8) is 0 Å². The molecule has 3 rings (SSSR count). The van der Waals surface area contributed by atoms with E-state index in [1.807, 2.05) is 19.1 Å². The minimum absolute atomic E-state index is 0.0185. The standard InChI is InChI=1S/C20H23NO4S/c1-13(2)16-5-7-18(8-6-16)25-26(23,24)19-9-10-20-17(12-19)11-14(3)21(20)15(4)22/h5-10,12-14H,11H2,1-4H3. The van der Waals surface area contributed by atoms with E-state index in [2.05, 4.69) is 13.8 Å². The van der Waals surface area contributed by atoms with Gasteiger partial charge in [0.15, 0.2) is 0 Å². The predicted molar refractivity (Wildman–Crippen MR) is 101 cm³/mol. The molecule has 1 atom stereocenters. The summed E-state index contributed by atoms with van der Waals surface area (Å²) in [7, 11) is -3.93. The van der Waals surface area contributed by atoms with Gasteiger partial charge in [-0.25, -0.2) is 0 Å². The normalized spacial score (nSPS) is 16.7. The van der Waals surface area contributed by atoms with Crippen LogP contribution in [0, 0.1) is 0 Å². The van der Waals surface area contributed by atoms with Gasteiger partial charge in [0.05, 0.1) is 0 Å². The van der Waals surface area contributed by atoms with Crippen molar-refractivity contribution in [2.24, 2.45) is 0 Å². The lowest BCUT2D eigenvalue weighted by atomic mass is 10.0. The summed E-state index contributed by atoms with van der Waals surface area (Å²) in [6, 6.07) is 11.9. The molecule has 0 N–H and O–H groups in total. The Morgan fingerprint density at radius 1 is 1.15 bits per heavy atom. The second kappa shape index (κ2) is 6.76. The van der Waals surface area contributed by atoms with Crippen LogP contribution in [-0.2, 0) is 21.3 Å². The Hall–Kier alpha value is -2.34. The summed E-state index contributed by atoms with van der Waals surface area (Å²) in [4.78, 5) is 13.6. The van der Waals surface area contributed by atoms with Gasteiger partial charge in [-0.2, -0.15) is 8.42 Å². The maximum absolute atomic E-state index is 12.6. The molecule has 0 bridgehead atoms. The van der Waals surface area contributed by atoms with Gasteiger partial charge in [-0.1, -0.05) is 26.0 Å². The van der Waals surface area contributed by atoms with Gasteiger partial charge >= 0.3 is 10.1 Å². The summed E-state index contributed by atoms with van der Waals surface area (Å²) >= 11 is 0. The molecule has 0 spiro atoms. The van der Waals surface area contributed by atoms with Crippen molar-refractivity contribution in [2.45, 2.75) is 51.0 Å². The number of fused-ring (bicyclic) bond motifs is 1. The molecule has 1 aliphatic rings. The summed E-state index contributed by atoms with van der Waals surface area (Å²) in [5.41, 5.74) is 2.73. The second-order valence-corrected chi connectivity index (χ2v) is 8.54. The molecule has 5 nitrogen and oxygen atoms in total. The van der Waals surface area contributed by atoms with Crippen molar-refractivity contribution >= 4 is 21.7 Å². The zero-order valence-corrected chi connectivity index (χ0v) is 16.2. The molecule has 0 aliphatic carbocycles. The summed E-state index contributed by atoms with van der Waals surface area (Å²) < 4.78 is 30.5. The number of benzene rings is 2. The SMILES string of the molecule is CC(=O)N1c2ccc(S(=O)(=O)Oc3ccc(C(C)C)cc3)cc2CC1C. The molecule has 1 amide bonds. The Balaban J connectivity index is 1.87. The third-order valence-electron chi connectivity index (χ3n) is 4.65. The molecule has 0 saturated heterocycles. The Kier molecular flexibility index (Phi) is 4.80. The predicted octanol–water partition coefficient (Wildman–Crippen LogP) is 3.88. The quantitative estimate of drug-likeness (QED) is 0.763. The monoisotopic (exact) mass is 373 g/mol. The lowest BCUT2D eigenvalue weighted by Gasteiger charge is -2.20. The van der Waals surface area contributed by atoms with Crippen molar-refractivity contribution in [1.29, 1.82) is 0 Å². The van der Waals surface area contributed by atoms with Crippen LogP contribution >= 0.6 is 0 Å². The molecule has 138 valence electrons.